The Morgan fingerprint density at radius 2 is 1.95 bits per heavy atom. The van der Waals surface area contributed by atoms with Gasteiger partial charge in [-0.05, 0) is 6.07 Å². The molecule has 19 heavy (non-hydrogen) atoms. The van der Waals surface area contributed by atoms with Crippen LogP contribution in [0.15, 0.2) is 36.9 Å². The highest BCUT2D eigenvalue weighted by Crippen LogP contribution is 2.25. The summed E-state index contributed by atoms with van der Waals surface area (Å²) in [6.07, 6.45) is 3.86. The fourth-order valence-electron chi connectivity index (χ4n) is 1.48. The third-order valence-electron chi connectivity index (χ3n) is 2.36. The van der Waals surface area contributed by atoms with Gasteiger partial charge in [0.05, 0.1) is 15.9 Å². The normalized spacial score (nSPS) is 10.1. The van der Waals surface area contributed by atoms with E-state index in [1.54, 1.807) is 0 Å². The molecule has 0 amide bonds. The van der Waals surface area contributed by atoms with Gasteiger partial charge >= 0.3 is 0 Å². The number of hydrogen-bond donors (Lipinski definition) is 0. The molecule has 0 aliphatic heterocycles. The monoisotopic (exact) mass is 262 g/mol. The minimum absolute atomic E-state index is 0.242. The van der Waals surface area contributed by atoms with E-state index in [4.69, 9.17) is 0 Å². The first kappa shape index (κ1) is 12.4. The minimum atomic E-state index is -0.836. The van der Waals surface area contributed by atoms with Crippen LogP contribution >= 0.6 is 0 Å². The molecule has 0 saturated carbocycles. The molecular weight excluding hydrogens is 256 g/mol. The predicted octanol–water partition coefficient (Wildman–Crippen LogP) is 1.39. The fourth-order valence-corrected chi connectivity index (χ4v) is 1.48. The lowest BCUT2D eigenvalue weighted by molar-refractivity contribution is -0.394. The van der Waals surface area contributed by atoms with Crippen molar-refractivity contribution in [3.05, 3.63) is 62.7 Å². The Hall–Kier alpha value is -3.10. The predicted molar refractivity (Wildman–Crippen MR) is 61.7 cm³/mol. The standard InChI is InChI=1S/C10H6N4O5/c15-10(12-4-3-11-6-12)8-2-1-7(13(16)17)5-9(8)14(18)19/h1-6H. The number of nitrogens with zero attached hydrogens (tertiary/aromatic N) is 4. The molecule has 0 saturated heterocycles. The van der Waals surface area contributed by atoms with Gasteiger partial charge in [0.15, 0.2) is 0 Å². The van der Waals surface area contributed by atoms with Crippen molar-refractivity contribution in [1.29, 1.82) is 0 Å². The van der Waals surface area contributed by atoms with E-state index < -0.39 is 27.1 Å². The number of imidazole rings is 1. The van der Waals surface area contributed by atoms with Gasteiger partial charge in [0.25, 0.3) is 17.3 Å². The molecule has 2 rings (SSSR count). The first-order valence-corrected chi connectivity index (χ1v) is 4.96. The van der Waals surface area contributed by atoms with Crippen molar-refractivity contribution < 1.29 is 14.6 Å². The van der Waals surface area contributed by atoms with E-state index in [0.29, 0.717) is 0 Å². The molecule has 1 aromatic carbocycles. The summed E-state index contributed by atoms with van der Waals surface area (Å²) < 4.78 is 1.05. The molecule has 0 atom stereocenters. The van der Waals surface area contributed by atoms with Crippen LogP contribution in [0, 0.1) is 20.2 Å². The number of non-ortho nitro benzene ring substituents is 1. The van der Waals surface area contributed by atoms with E-state index in [9.17, 15) is 25.0 Å². The summed E-state index contributed by atoms with van der Waals surface area (Å²) in [5.74, 6) is -0.681. The highest BCUT2D eigenvalue weighted by Gasteiger charge is 2.24. The summed E-state index contributed by atoms with van der Waals surface area (Å²) in [5, 5.41) is 21.4. The SMILES string of the molecule is O=C(c1ccc([N+](=O)[O-])cc1[N+](=O)[O-])n1ccnc1. The number of benzene rings is 1. The molecule has 0 N–H and O–H groups in total. The molecule has 96 valence electrons. The Morgan fingerprint density at radius 3 is 2.47 bits per heavy atom. The number of carbonyl (C=O) groups excluding carboxylic acids is 1. The van der Waals surface area contributed by atoms with Gasteiger partial charge in [0.2, 0.25) is 0 Å². The largest absolute Gasteiger partial charge is 0.289 e. The zero-order valence-corrected chi connectivity index (χ0v) is 9.29. The van der Waals surface area contributed by atoms with Crippen molar-refractivity contribution in [3.8, 4) is 0 Å². The quantitative estimate of drug-likeness (QED) is 0.608. The summed E-state index contributed by atoms with van der Waals surface area (Å²) in [4.78, 5) is 35.5. The van der Waals surface area contributed by atoms with Crippen LogP contribution in [0.4, 0.5) is 11.4 Å². The first-order valence-electron chi connectivity index (χ1n) is 4.96. The second-order valence-corrected chi connectivity index (χ2v) is 3.49. The van der Waals surface area contributed by atoms with Crippen molar-refractivity contribution in [3.63, 3.8) is 0 Å². The molecule has 1 aromatic heterocycles. The molecule has 9 nitrogen and oxygen atoms in total. The number of hydrogen-bond acceptors (Lipinski definition) is 6. The molecule has 0 aliphatic carbocycles. The van der Waals surface area contributed by atoms with Gasteiger partial charge in [0.1, 0.15) is 11.9 Å². The molecule has 0 unspecified atom stereocenters. The third kappa shape index (κ3) is 2.29. The molecule has 1 heterocycles. The van der Waals surface area contributed by atoms with Crippen LogP contribution in [-0.2, 0) is 0 Å². The van der Waals surface area contributed by atoms with Gasteiger partial charge in [-0.3, -0.25) is 29.6 Å². The molecule has 0 aliphatic rings. The highest BCUT2D eigenvalue weighted by atomic mass is 16.6. The van der Waals surface area contributed by atoms with Crippen LogP contribution in [0.5, 0.6) is 0 Å². The van der Waals surface area contributed by atoms with Crippen molar-refractivity contribution in [2.24, 2.45) is 0 Å². The second kappa shape index (κ2) is 4.64. The second-order valence-electron chi connectivity index (χ2n) is 3.49. The Balaban J connectivity index is 2.54. The molecule has 9 heteroatoms. The number of aromatic nitrogens is 2. The first-order chi connectivity index (χ1) is 9.00. The molecular formula is C10H6N4O5. The van der Waals surface area contributed by atoms with E-state index in [-0.39, 0.29) is 5.56 Å². The van der Waals surface area contributed by atoms with E-state index in [1.807, 2.05) is 0 Å². The summed E-state index contributed by atoms with van der Waals surface area (Å²) in [5.41, 5.74) is -1.31. The average molecular weight is 262 g/mol. The Labute approximate surface area is 105 Å². The van der Waals surface area contributed by atoms with Crippen molar-refractivity contribution in [2.45, 2.75) is 0 Å². The van der Waals surface area contributed by atoms with Crippen molar-refractivity contribution in [2.75, 3.05) is 0 Å². The maximum Gasteiger partial charge on any atom is 0.289 e. The number of nitro benzene ring substituents is 2. The topological polar surface area (TPSA) is 121 Å². The molecule has 2 aromatic rings. The lowest BCUT2D eigenvalue weighted by atomic mass is 10.1. The van der Waals surface area contributed by atoms with Gasteiger partial charge < -0.3 is 0 Å². The van der Waals surface area contributed by atoms with Gasteiger partial charge in [-0.15, -0.1) is 0 Å². The number of nitro groups is 2. The summed E-state index contributed by atoms with van der Waals surface area (Å²) >= 11 is 0. The summed E-state index contributed by atoms with van der Waals surface area (Å²) in [6, 6.07) is 2.85. The molecule has 0 radical (unpaired) electrons. The zero-order valence-electron chi connectivity index (χ0n) is 9.29. The van der Waals surface area contributed by atoms with E-state index in [0.717, 1.165) is 22.8 Å². The fraction of sp³-hybridized carbons (Fsp3) is 0. The van der Waals surface area contributed by atoms with Crippen LogP contribution < -0.4 is 0 Å². The zero-order chi connectivity index (χ0) is 14.0. The summed E-state index contributed by atoms with van der Waals surface area (Å²) in [7, 11) is 0. The Morgan fingerprint density at radius 1 is 1.21 bits per heavy atom. The smallest absolute Gasteiger partial charge is 0.272 e. The maximum atomic E-state index is 12.0. The van der Waals surface area contributed by atoms with Crippen LogP contribution in [0.1, 0.15) is 10.4 Å². The van der Waals surface area contributed by atoms with Crippen LogP contribution in [0.25, 0.3) is 0 Å². The van der Waals surface area contributed by atoms with Gasteiger partial charge in [-0.2, -0.15) is 0 Å². The lowest BCUT2D eigenvalue weighted by Gasteiger charge is -2.02. The Kier molecular flexibility index (Phi) is 3.02. The van der Waals surface area contributed by atoms with E-state index in [2.05, 4.69) is 4.98 Å². The van der Waals surface area contributed by atoms with Gasteiger partial charge in [0, 0.05) is 18.5 Å². The third-order valence-corrected chi connectivity index (χ3v) is 2.36. The highest BCUT2D eigenvalue weighted by molar-refractivity contribution is 5.99. The lowest BCUT2D eigenvalue weighted by Crippen LogP contribution is -2.12. The van der Waals surface area contributed by atoms with Gasteiger partial charge in [-0.1, -0.05) is 0 Å². The van der Waals surface area contributed by atoms with Crippen molar-refractivity contribution in [1.82, 2.24) is 9.55 Å². The number of rotatable bonds is 3. The molecule has 0 bridgehead atoms. The van der Waals surface area contributed by atoms with Crippen LogP contribution in [0.2, 0.25) is 0 Å². The number of carbonyl (C=O) groups is 1. The van der Waals surface area contributed by atoms with Gasteiger partial charge in [-0.25, -0.2) is 4.98 Å². The Bertz CT molecular complexity index is 665. The van der Waals surface area contributed by atoms with Crippen molar-refractivity contribution >= 4 is 17.3 Å². The van der Waals surface area contributed by atoms with E-state index in [1.165, 1.54) is 18.7 Å². The molecule has 0 fully saturated rings. The minimum Gasteiger partial charge on any atom is -0.272 e. The van der Waals surface area contributed by atoms with E-state index >= 15 is 0 Å². The molecule has 0 spiro atoms. The van der Waals surface area contributed by atoms with Crippen LogP contribution in [0.3, 0.4) is 0 Å². The maximum absolute atomic E-state index is 12.0. The van der Waals surface area contributed by atoms with Crippen LogP contribution in [-0.4, -0.2) is 25.3 Å². The average Bonchev–Trinajstić information content (AvgIpc) is 2.90. The summed E-state index contributed by atoms with van der Waals surface area (Å²) in [6.45, 7) is 0.